The first-order valence-corrected chi connectivity index (χ1v) is 10.9. The second-order valence-corrected chi connectivity index (χ2v) is 8.16. The monoisotopic (exact) mass is 442 g/mol. The number of pyridine rings is 1. The molecule has 33 heavy (non-hydrogen) atoms. The molecule has 0 saturated heterocycles. The highest BCUT2D eigenvalue weighted by atomic mass is 16.5. The molecule has 2 heterocycles. The van der Waals surface area contributed by atoms with Crippen LogP contribution in [0.2, 0.25) is 0 Å². The summed E-state index contributed by atoms with van der Waals surface area (Å²) in [4.78, 5) is 36.9. The van der Waals surface area contributed by atoms with E-state index in [1.165, 1.54) is 0 Å². The van der Waals surface area contributed by atoms with Crippen molar-refractivity contribution in [3.05, 3.63) is 95.8 Å². The Morgan fingerprint density at radius 3 is 2.48 bits per heavy atom. The quantitative estimate of drug-likeness (QED) is 0.621. The third-order valence-electron chi connectivity index (χ3n) is 5.13. The summed E-state index contributed by atoms with van der Waals surface area (Å²) in [5.74, 6) is -0.108. The van der Waals surface area contributed by atoms with Crippen LogP contribution in [0, 0.1) is 5.92 Å². The van der Waals surface area contributed by atoms with Crippen molar-refractivity contribution in [2.75, 3.05) is 11.4 Å². The van der Waals surface area contributed by atoms with Crippen molar-refractivity contribution in [2.45, 2.75) is 26.6 Å². The predicted octanol–water partition coefficient (Wildman–Crippen LogP) is 4.17. The van der Waals surface area contributed by atoms with Gasteiger partial charge in [0.2, 0.25) is 6.17 Å². The summed E-state index contributed by atoms with van der Waals surface area (Å²) in [6, 6.07) is 22.5. The summed E-state index contributed by atoms with van der Waals surface area (Å²) in [6.07, 6.45) is -0.177. The average molecular weight is 443 g/mol. The van der Waals surface area contributed by atoms with Crippen LogP contribution in [-0.2, 0) is 16.1 Å². The van der Waals surface area contributed by atoms with Crippen molar-refractivity contribution in [1.29, 1.82) is 0 Å². The number of alkyl carbamates (subject to hydrolysis) is 1. The van der Waals surface area contributed by atoms with Gasteiger partial charge < -0.3 is 9.64 Å². The third-order valence-corrected chi connectivity index (χ3v) is 5.13. The van der Waals surface area contributed by atoms with Crippen molar-refractivity contribution in [3.8, 4) is 0 Å². The Bertz CT molecular complexity index is 1150. The molecule has 7 nitrogen and oxygen atoms in total. The van der Waals surface area contributed by atoms with E-state index < -0.39 is 12.3 Å². The number of carbonyl (C=O) groups excluding carboxylic acids is 2. The van der Waals surface area contributed by atoms with Gasteiger partial charge in [0.15, 0.2) is 0 Å². The van der Waals surface area contributed by atoms with Crippen molar-refractivity contribution in [3.63, 3.8) is 0 Å². The number of nitrogens with zero attached hydrogens (tertiary/aromatic N) is 3. The summed E-state index contributed by atoms with van der Waals surface area (Å²) < 4.78 is 5.35. The van der Waals surface area contributed by atoms with Crippen molar-refractivity contribution >= 4 is 23.4 Å². The fraction of sp³-hybridized carbons (Fsp3) is 0.231. The first-order valence-electron chi connectivity index (χ1n) is 10.9. The van der Waals surface area contributed by atoms with E-state index in [0.717, 1.165) is 16.8 Å². The number of amides is 2. The van der Waals surface area contributed by atoms with E-state index in [-0.39, 0.29) is 18.4 Å². The molecule has 2 amide bonds. The van der Waals surface area contributed by atoms with Crippen LogP contribution in [0.25, 0.3) is 0 Å². The molecule has 1 aromatic heterocycles. The lowest BCUT2D eigenvalue weighted by atomic mass is 10.0. The predicted molar refractivity (Wildman–Crippen MR) is 127 cm³/mol. The smallest absolute Gasteiger partial charge is 0.409 e. The molecule has 0 unspecified atom stereocenters. The number of hydrogen-bond donors (Lipinski definition) is 1. The molecule has 0 fully saturated rings. The van der Waals surface area contributed by atoms with Gasteiger partial charge in [-0.1, -0.05) is 68.4 Å². The molecule has 3 aromatic rings. The van der Waals surface area contributed by atoms with Crippen LogP contribution in [0.5, 0.6) is 0 Å². The fourth-order valence-corrected chi connectivity index (χ4v) is 3.66. The number of carbonyl (C=O) groups is 2. The van der Waals surface area contributed by atoms with Gasteiger partial charge in [-0.05, 0) is 29.7 Å². The van der Waals surface area contributed by atoms with Gasteiger partial charge in [-0.25, -0.2) is 9.79 Å². The van der Waals surface area contributed by atoms with Crippen LogP contribution < -0.4 is 10.2 Å². The Morgan fingerprint density at radius 1 is 1.03 bits per heavy atom. The molecular weight excluding hydrogens is 416 g/mol. The zero-order valence-corrected chi connectivity index (χ0v) is 18.6. The largest absolute Gasteiger partial charge is 0.445 e. The van der Waals surface area contributed by atoms with Gasteiger partial charge >= 0.3 is 6.09 Å². The molecule has 0 bridgehead atoms. The van der Waals surface area contributed by atoms with Crippen LogP contribution >= 0.6 is 0 Å². The van der Waals surface area contributed by atoms with Crippen LogP contribution in [0.4, 0.5) is 10.5 Å². The highest BCUT2D eigenvalue weighted by Gasteiger charge is 2.33. The molecule has 168 valence electrons. The summed E-state index contributed by atoms with van der Waals surface area (Å²) >= 11 is 0. The van der Waals surface area contributed by atoms with E-state index >= 15 is 0 Å². The number of ether oxygens (including phenoxy) is 1. The fourth-order valence-electron chi connectivity index (χ4n) is 3.66. The number of rotatable bonds is 6. The lowest BCUT2D eigenvalue weighted by molar-refractivity contribution is -0.120. The Hall–Kier alpha value is -4.00. The van der Waals surface area contributed by atoms with Crippen LogP contribution in [0.15, 0.2) is 84.0 Å². The molecule has 7 heteroatoms. The number of aliphatic imine (C=N–C) groups is 1. The molecule has 4 rings (SSSR count). The van der Waals surface area contributed by atoms with E-state index in [0.29, 0.717) is 18.0 Å². The Labute approximate surface area is 193 Å². The van der Waals surface area contributed by atoms with Gasteiger partial charge in [-0.3, -0.25) is 15.1 Å². The van der Waals surface area contributed by atoms with E-state index in [4.69, 9.17) is 4.74 Å². The van der Waals surface area contributed by atoms with Gasteiger partial charge in [0, 0.05) is 18.3 Å². The second-order valence-electron chi connectivity index (χ2n) is 8.16. The topological polar surface area (TPSA) is 83.9 Å². The molecule has 0 saturated carbocycles. The minimum absolute atomic E-state index is 0.0975. The molecule has 0 spiro atoms. The Balaban J connectivity index is 1.67. The minimum atomic E-state index is -1.14. The van der Waals surface area contributed by atoms with E-state index in [9.17, 15) is 9.59 Å². The maximum Gasteiger partial charge on any atom is 0.409 e. The van der Waals surface area contributed by atoms with Gasteiger partial charge in [-0.15, -0.1) is 0 Å². The summed E-state index contributed by atoms with van der Waals surface area (Å²) in [5.41, 5.74) is 3.54. The zero-order valence-electron chi connectivity index (χ0n) is 18.6. The van der Waals surface area contributed by atoms with E-state index in [1.54, 1.807) is 11.1 Å². The maximum absolute atomic E-state index is 13.6. The molecule has 1 aliphatic heterocycles. The van der Waals surface area contributed by atoms with Gasteiger partial charge in [0.1, 0.15) is 6.61 Å². The summed E-state index contributed by atoms with van der Waals surface area (Å²) in [7, 11) is 0. The Morgan fingerprint density at radius 2 is 1.76 bits per heavy atom. The first-order chi connectivity index (χ1) is 16.0. The van der Waals surface area contributed by atoms with Crippen LogP contribution in [-0.4, -0.2) is 35.4 Å². The highest BCUT2D eigenvalue weighted by Crippen LogP contribution is 2.28. The molecule has 0 radical (unpaired) electrons. The van der Waals surface area contributed by atoms with E-state index in [2.05, 4.69) is 15.3 Å². The number of aromatic nitrogens is 1. The number of anilines is 1. The number of benzene rings is 2. The molecular formula is C26H26N4O3. The van der Waals surface area contributed by atoms with Gasteiger partial charge in [0.25, 0.3) is 5.91 Å². The van der Waals surface area contributed by atoms with Gasteiger partial charge in [0.05, 0.1) is 17.1 Å². The molecule has 0 aliphatic carbocycles. The average Bonchev–Trinajstić information content (AvgIpc) is 2.94. The lowest BCUT2D eigenvalue weighted by Gasteiger charge is -2.27. The number of fused-ring (bicyclic) bond motifs is 1. The van der Waals surface area contributed by atoms with E-state index in [1.807, 2.05) is 86.6 Å². The zero-order chi connectivity index (χ0) is 23.2. The molecule has 1 N–H and O–H groups in total. The SMILES string of the molecule is CC(C)CN1C(=O)[C@@H](NC(=O)OCc2ccccc2)N=C(c2ccccn2)c2ccccc21. The van der Waals surface area contributed by atoms with Crippen LogP contribution in [0.3, 0.4) is 0 Å². The van der Waals surface area contributed by atoms with Crippen molar-refractivity contribution < 1.29 is 14.3 Å². The minimum Gasteiger partial charge on any atom is -0.445 e. The summed E-state index contributed by atoms with van der Waals surface area (Å²) in [5, 5.41) is 2.65. The first kappa shape index (κ1) is 22.2. The number of para-hydroxylation sites is 1. The molecule has 2 aromatic carbocycles. The van der Waals surface area contributed by atoms with Crippen molar-refractivity contribution in [1.82, 2.24) is 10.3 Å². The number of benzodiazepines with no additional fused rings is 1. The Kier molecular flexibility index (Phi) is 6.78. The second kappa shape index (κ2) is 10.1. The molecule has 1 atom stereocenters. The normalized spacial score (nSPS) is 15.5. The number of hydrogen-bond acceptors (Lipinski definition) is 5. The van der Waals surface area contributed by atoms with Gasteiger partial charge in [-0.2, -0.15) is 0 Å². The third kappa shape index (κ3) is 5.26. The highest BCUT2D eigenvalue weighted by molar-refractivity contribution is 6.19. The number of nitrogens with one attached hydrogen (secondary N) is 1. The lowest BCUT2D eigenvalue weighted by Crippen LogP contribution is -2.48. The van der Waals surface area contributed by atoms with Crippen LogP contribution in [0.1, 0.15) is 30.7 Å². The standard InChI is InChI=1S/C26H26N4O3/c1-18(2)16-30-22-14-7-6-12-20(22)23(21-13-8-9-15-27-21)28-24(25(30)31)29-26(32)33-17-19-10-4-3-5-11-19/h3-15,18,24H,16-17H2,1-2H3,(H,29,32)/t24-/m1/s1. The van der Waals surface area contributed by atoms with Crippen molar-refractivity contribution in [2.24, 2.45) is 10.9 Å². The maximum atomic E-state index is 13.6. The summed E-state index contributed by atoms with van der Waals surface area (Å²) in [6.45, 7) is 4.66. The molecule has 1 aliphatic rings.